The van der Waals surface area contributed by atoms with Crippen molar-refractivity contribution in [1.82, 2.24) is 15.1 Å². The number of piperazine rings is 1. The minimum absolute atomic E-state index is 0. The molecule has 22 heavy (non-hydrogen) atoms. The number of rotatable bonds is 4. The van der Waals surface area contributed by atoms with Crippen molar-refractivity contribution >= 4 is 29.9 Å². The average molecular weight is 350 g/mol. The lowest BCUT2D eigenvalue weighted by Gasteiger charge is -2.34. The fraction of sp³-hybridized carbons (Fsp3) is 0.533. The van der Waals surface area contributed by atoms with E-state index in [4.69, 9.17) is 11.6 Å². The Morgan fingerprint density at radius 2 is 2.27 bits per heavy atom. The maximum atomic E-state index is 13.8. The molecule has 1 amide bonds. The number of hydrogen-bond acceptors (Lipinski definition) is 3. The number of benzene rings is 1. The first kappa shape index (κ1) is 19.2. The van der Waals surface area contributed by atoms with Gasteiger partial charge in [-0.05, 0) is 19.1 Å². The van der Waals surface area contributed by atoms with E-state index in [2.05, 4.69) is 17.1 Å². The zero-order valence-electron chi connectivity index (χ0n) is 12.8. The Kier molecular flexibility index (Phi) is 7.56. The number of nitrogens with zero attached hydrogens (tertiary/aromatic N) is 2. The van der Waals surface area contributed by atoms with Crippen LogP contribution in [0.1, 0.15) is 12.5 Å². The van der Waals surface area contributed by atoms with Crippen LogP contribution in [0, 0.1) is 5.82 Å². The van der Waals surface area contributed by atoms with Crippen molar-refractivity contribution < 1.29 is 9.18 Å². The van der Waals surface area contributed by atoms with Crippen LogP contribution in [0.15, 0.2) is 18.2 Å². The topological polar surface area (TPSA) is 35.6 Å². The minimum Gasteiger partial charge on any atom is -0.340 e. The summed E-state index contributed by atoms with van der Waals surface area (Å²) in [7, 11) is 1.68. The zero-order valence-corrected chi connectivity index (χ0v) is 14.4. The Morgan fingerprint density at radius 3 is 2.91 bits per heavy atom. The summed E-state index contributed by atoms with van der Waals surface area (Å²) >= 11 is 6.00. The molecule has 1 N–H and O–H groups in total. The lowest BCUT2D eigenvalue weighted by Crippen LogP contribution is -2.52. The highest BCUT2D eigenvalue weighted by Crippen LogP contribution is 2.20. The van der Waals surface area contributed by atoms with Gasteiger partial charge in [0.05, 0.1) is 6.54 Å². The van der Waals surface area contributed by atoms with Crippen molar-refractivity contribution in [2.24, 2.45) is 0 Å². The van der Waals surface area contributed by atoms with E-state index in [-0.39, 0.29) is 30.7 Å². The molecule has 1 aliphatic heterocycles. The van der Waals surface area contributed by atoms with Gasteiger partial charge < -0.3 is 10.2 Å². The van der Waals surface area contributed by atoms with E-state index in [9.17, 15) is 9.18 Å². The first-order valence-electron chi connectivity index (χ1n) is 7.10. The van der Waals surface area contributed by atoms with E-state index in [1.54, 1.807) is 19.2 Å². The molecule has 0 spiro atoms. The highest BCUT2D eigenvalue weighted by molar-refractivity contribution is 6.31. The normalized spacial score (nSPS) is 18.6. The molecule has 4 nitrogen and oxygen atoms in total. The quantitative estimate of drug-likeness (QED) is 0.904. The predicted octanol–water partition coefficient (Wildman–Crippen LogP) is 2.15. The second-order valence-corrected chi connectivity index (χ2v) is 5.88. The van der Waals surface area contributed by atoms with Gasteiger partial charge in [0, 0.05) is 49.9 Å². The van der Waals surface area contributed by atoms with Crippen molar-refractivity contribution in [3.63, 3.8) is 0 Å². The molecule has 1 aromatic carbocycles. The Balaban J connectivity index is 0.00000242. The summed E-state index contributed by atoms with van der Waals surface area (Å²) in [4.78, 5) is 15.9. The van der Waals surface area contributed by atoms with Gasteiger partial charge in [0.1, 0.15) is 5.82 Å². The van der Waals surface area contributed by atoms with Crippen LogP contribution < -0.4 is 5.32 Å². The molecule has 1 aliphatic rings. The third kappa shape index (κ3) is 4.81. The van der Waals surface area contributed by atoms with Gasteiger partial charge in [-0.25, -0.2) is 4.39 Å². The molecule has 1 atom stereocenters. The molecule has 1 heterocycles. The number of halogens is 3. The largest absolute Gasteiger partial charge is 0.340 e. The van der Waals surface area contributed by atoms with Gasteiger partial charge in [-0.2, -0.15) is 0 Å². The van der Waals surface area contributed by atoms with Crippen molar-refractivity contribution in [1.29, 1.82) is 0 Å². The first-order valence-corrected chi connectivity index (χ1v) is 7.48. The van der Waals surface area contributed by atoms with Gasteiger partial charge in [0.25, 0.3) is 0 Å². The molecule has 1 fully saturated rings. The van der Waals surface area contributed by atoms with Gasteiger partial charge in [-0.3, -0.25) is 9.69 Å². The number of likely N-dealkylation sites (N-methyl/N-ethyl adjacent to an activating group) is 1. The fourth-order valence-corrected chi connectivity index (χ4v) is 2.64. The van der Waals surface area contributed by atoms with Crippen LogP contribution in [-0.4, -0.2) is 55.0 Å². The van der Waals surface area contributed by atoms with E-state index in [0.717, 1.165) is 19.6 Å². The summed E-state index contributed by atoms with van der Waals surface area (Å²) in [6.45, 7) is 5.25. The van der Waals surface area contributed by atoms with Gasteiger partial charge >= 0.3 is 0 Å². The lowest BCUT2D eigenvalue weighted by atomic mass is 10.2. The van der Waals surface area contributed by atoms with Crippen LogP contribution in [0.3, 0.4) is 0 Å². The van der Waals surface area contributed by atoms with Gasteiger partial charge in [0.15, 0.2) is 0 Å². The summed E-state index contributed by atoms with van der Waals surface area (Å²) in [6.07, 6.45) is 0. The monoisotopic (exact) mass is 349 g/mol. The van der Waals surface area contributed by atoms with E-state index < -0.39 is 0 Å². The molecule has 0 radical (unpaired) electrons. The third-order valence-electron chi connectivity index (χ3n) is 3.86. The molecule has 0 aromatic heterocycles. The summed E-state index contributed by atoms with van der Waals surface area (Å²) in [6, 6.07) is 4.88. The average Bonchev–Trinajstić information content (AvgIpc) is 2.45. The summed E-state index contributed by atoms with van der Waals surface area (Å²) in [5.74, 6) is -0.402. The van der Waals surface area contributed by atoms with E-state index in [1.165, 1.54) is 11.0 Å². The standard InChI is InChI=1S/C15H21ClFN3O.ClH/c1-11-8-18-6-7-20(11)10-15(21)19(2)9-12-13(16)4-3-5-14(12)17;/h3-5,11,18H,6-10H2,1-2H3;1H/t11-;/m0./s1. The van der Waals surface area contributed by atoms with Crippen LogP contribution in [0.4, 0.5) is 4.39 Å². The lowest BCUT2D eigenvalue weighted by molar-refractivity contribution is -0.132. The van der Waals surface area contributed by atoms with Gasteiger partial charge in [-0.15, -0.1) is 12.4 Å². The number of hydrogen-bond donors (Lipinski definition) is 1. The Morgan fingerprint density at radius 1 is 1.55 bits per heavy atom. The Bertz CT molecular complexity index is 495. The molecule has 1 saturated heterocycles. The molecule has 7 heteroatoms. The van der Waals surface area contributed by atoms with Crippen molar-refractivity contribution in [3.8, 4) is 0 Å². The summed E-state index contributed by atoms with van der Waals surface area (Å²) in [5.41, 5.74) is 0.364. The highest BCUT2D eigenvalue weighted by Gasteiger charge is 2.22. The van der Waals surface area contributed by atoms with Crippen molar-refractivity contribution in [2.45, 2.75) is 19.5 Å². The first-order chi connectivity index (χ1) is 9.99. The second-order valence-electron chi connectivity index (χ2n) is 5.47. The SMILES string of the molecule is C[C@H]1CNCCN1CC(=O)N(C)Cc1c(F)cccc1Cl.Cl. The molecule has 0 bridgehead atoms. The number of carbonyl (C=O) groups excluding carboxylic acids is 1. The molecule has 0 unspecified atom stereocenters. The molecule has 1 aromatic rings. The smallest absolute Gasteiger partial charge is 0.236 e. The molecule has 2 rings (SSSR count). The summed E-state index contributed by atoms with van der Waals surface area (Å²) in [5, 5.41) is 3.64. The Hall–Kier alpha value is -0.880. The number of carbonyl (C=O) groups is 1. The highest BCUT2D eigenvalue weighted by atomic mass is 35.5. The number of amides is 1. The van der Waals surface area contributed by atoms with Gasteiger partial charge in [0.2, 0.25) is 5.91 Å². The van der Waals surface area contributed by atoms with Crippen LogP contribution in [-0.2, 0) is 11.3 Å². The molecule has 0 aliphatic carbocycles. The second kappa shape index (κ2) is 8.67. The molecular weight excluding hydrogens is 328 g/mol. The molecule has 0 saturated carbocycles. The van der Waals surface area contributed by atoms with Crippen LogP contribution >= 0.6 is 24.0 Å². The maximum absolute atomic E-state index is 13.8. The third-order valence-corrected chi connectivity index (χ3v) is 4.21. The van der Waals surface area contributed by atoms with E-state index in [0.29, 0.717) is 23.2 Å². The number of nitrogens with one attached hydrogen (secondary N) is 1. The zero-order chi connectivity index (χ0) is 15.4. The van der Waals surface area contributed by atoms with Crippen LogP contribution in [0.2, 0.25) is 5.02 Å². The van der Waals surface area contributed by atoms with Crippen LogP contribution in [0.5, 0.6) is 0 Å². The van der Waals surface area contributed by atoms with E-state index >= 15 is 0 Å². The van der Waals surface area contributed by atoms with Crippen LogP contribution in [0.25, 0.3) is 0 Å². The van der Waals surface area contributed by atoms with Crippen molar-refractivity contribution in [3.05, 3.63) is 34.6 Å². The fourth-order valence-electron chi connectivity index (χ4n) is 2.42. The van der Waals surface area contributed by atoms with Gasteiger partial charge in [-0.1, -0.05) is 17.7 Å². The van der Waals surface area contributed by atoms with Crippen molar-refractivity contribution in [2.75, 3.05) is 33.2 Å². The van der Waals surface area contributed by atoms with E-state index in [1.807, 2.05) is 0 Å². The molecular formula is C15H22Cl2FN3O. The molecule has 124 valence electrons. The maximum Gasteiger partial charge on any atom is 0.236 e. The Labute approximate surface area is 142 Å². The predicted molar refractivity (Wildman–Crippen MR) is 89.0 cm³/mol. The summed E-state index contributed by atoms with van der Waals surface area (Å²) < 4.78 is 13.8. The minimum atomic E-state index is -0.377.